The molecule has 0 amide bonds. The number of para-hydroxylation sites is 1. The van der Waals surface area contributed by atoms with E-state index in [4.69, 9.17) is 10.5 Å². The number of benzene rings is 2. The molecule has 0 atom stereocenters. The van der Waals surface area contributed by atoms with Gasteiger partial charge in [0.15, 0.2) is 0 Å². The largest absolute Gasteiger partial charge is 0.489 e. The molecule has 0 unspecified atom stereocenters. The molecule has 20 heavy (non-hydrogen) atoms. The maximum atomic E-state index is 5.90. The summed E-state index contributed by atoms with van der Waals surface area (Å²) < 4.78 is 5.90. The van der Waals surface area contributed by atoms with Gasteiger partial charge < -0.3 is 10.5 Å². The lowest BCUT2D eigenvalue weighted by Gasteiger charge is -2.12. The average molecular weight is 267 g/mol. The third kappa shape index (κ3) is 3.97. The Bertz CT molecular complexity index is 561. The molecule has 0 heterocycles. The highest BCUT2D eigenvalue weighted by molar-refractivity contribution is 5.49. The van der Waals surface area contributed by atoms with E-state index in [-0.39, 0.29) is 0 Å². The minimum atomic E-state index is 0.567. The Labute approximate surface area is 120 Å². The van der Waals surface area contributed by atoms with Crippen LogP contribution in [0.15, 0.2) is 54.6 Å². The van der Waals surface area contributed by atoms with Crippen LogP contribution in [-0.2, 0) is 6.42 Å². The lowest BCUT2D eigenvalue weighted by molar-refractivity contribution is 0.357. The Hall–Kier alpha value is -2.06. The van der Waals surface area contributed by atoms with Gasteiger partial charge in [-0.1, -0.05) is 54.6 Å². The third-order valence-corrected chi connectivity index (χ3v) is 3.14. The van der Waals surface area contributed by atoms with Crippen molar-refractivity contribution in [2.75, 3.05) is 13.2 Å². The lowest BCUT2D eigenvalue weighted by Crippen LogP contribution is -2.06. The van der Waals surface area contributed by atoms with Gasteiger partial charge in [0.1, 0.15) is 12.4 Å². The molecule has 2 N–H and O–H groups in total. The fourth-order valence-corrected chi connectivity index (χ4v) is 2.15. The maximum Gasteiger partial charge on any atom is 0.125 e. The van der Waals surface area contributed by atoms with E-state index in [0.717, 1.165) is 17.7 Å². The topological polar surface area (TPSA) is 35.2 Å². The first-order valence-electron chi connectivity index (χ1n) is 6.94. The average Bonchev–Trinajstić information content (AvgIpc) is 2.47. The minimum Gasteiger partial charge on any atom is -0.489 e. The summed E-state index contributed by atoms with van der Waals surface area (Å²) in [5, 5.41) is 0. The number of nitrogens with two attached hydrogens (primary N) is 1. The van der Waals surface area contributed by atoms with Crippen LogP contribution in [0.5, 0.6) is 5.75 Å². The number of hydrogen-bond acceptors (Lipinski definition) is 2. The van der Waals surface area contributed by atoms with Gasteiger partial charge in [-0.2, -0.15) is 0 Å². The van der Waals surface area contributed by atoms with Crippen LogP contribution in [-0.4, -0.2) is 13.2 Å². The Morgan fingerprint density at radius 1 is 1.05 bits per heavy atom. The zero-order chi connectivity index (χ0) is 14.2. The molecule has 0 bridgehead atoms. The van der Waals surface area contributed by atoms with Crippen LogP contribution < -0.4 is 10.5 Å². The van der Waals surface area contributed by atoms with E-state index in [0.29, 0.717) is 13.2 Å². The highest BCUT2D eigenvalue weighted by Crippen LogP contribution is 2.23. The predicted octanol–water partition coefficient (Wildman–Crippen LogP) is 3.59. The monoisotopic (exact) mass is 267 g/mol. The maximum absolute atomic E-state index is 5.90. The van der Waals surface area contributed by atoms with Gasteiger partial charge in [-0.15, -0.1) is 0 Å². The van der Waals surface area contributed by atoms with E-state index in [1.807, 2.05) is 30.3 Å². The van der Waals surface area contributed by atoms with Gasteiger partial charge in [-0.3, -0.25) is 0 Å². The first-order chi connectivity index (χ1) is 9.81. The van der Waals surface area contributed by atoms with Crippen LogP contribution in [0.2, 0.25) is 0 Å². The smallest absolute Gasteiger partial charge is 0.125 e. The predicted molar refractivity (Wildman–Crippen MR) is 84.9 cm³/mol. The fraction of sp³-hybridized carbons (Fsp3) is 0.222. The molecule has 2 aromatic carbocycles. The third-order valence-electron chi connectivity index (χ3n) is 3.14. The zero-order valence-corrected chi connectivity index (χ0v) is 11.9. The quantitative estimate of drug-likeness (QED) is 0.868. The fourth-order valence-electron chi connectivity index (χ4n) is 2.15. The Kier molecular flexibility index (Phi) is 5.39. The van der Waals surface area contributed by atoms with Crippen molar-refractivity contribution in [2.45, 2.75) is 13.3 Å². The highest BCUT2D eigenvalue weighted by Gasteiger charge is 2.05. The number of hydrogen-bond donors (Lipinski definition) is 1. The summed E-state index contributed by atoms with van der Waals surface area (Å²) in [4.78, 5) is 0. The van der Waals surface area contributed by atoms with E-state index in [2.05, 4.69) is 37.3 Å². The van der Waals surface area contributed by atoms with Crippen LogP contribution in [0.25, 0.3) is 6.08 Å². The molecule has 0 aromatic heterocycles. The molecule has 0 saturated carbocycles. The van der Waals surface area contributed by atoms with Crippen LogP contribution in [0.1, 0.15) is 16.7 Å². The van der Waals surface area contributed by atoms with Crippen molar-refractivity contribution in [1.82, 2.24) is 0 Å². The minimum absolute atomic E-state index is 0.567. The van der Waals surface area contributed by atoms with Crippen molar-refractivity contribution < 1.29 is 4.74 Å². The molecule has 0 aliphatic carbocycles. The second kappa shape index (κ2) is 7.51. The molecule has 0 aliphatic rings. The summed E-state index contributed by atoms with van der Waals surface area (Å²) in [5.74, 6) is 0.968. The summed E-state index contributed by atoms with van der Waals surface area (Å²) in [6.45, 7) is 3.27. The van der Waals surface area contributed by atoms with Crippen LogP contribution in [0.4, 0.5) is 0 Å². The Morgan fingerprint density at radius 2 is 1.85 bits per heavy atom. The normalized spacial score (nSPS) is 10.9. The van der Waals surface area contributed by atoms with Crippen LogP contribution >= 0.6 is 0 Å². The molecule has 2 rings (SSSR count). The van der Waals surface area contributed by atoms with Crippen molar-refractivity contribution in [3.63, 3.8) is 0 Å². The second-order valence-electron chi connectivity index (χ2n) is 4.73. The summed E-state index contributed by atoms with van der Waals surface area (Å²) in [6, 6.07) is 16.4. The molecule has 0 spiro atoms. The molecule has 104 valence electrons. The Balaban J connectivity index is 1.99. The van der Waals surface area contributed by atoms with Gasteiger partial charge in [0.25, 0.3) is 0 Å². The van der Waals surface area contributed by atoms with E-state index in [1.54, 1.807) is 0 Å². The second-order valence-corrected chi connectivity index (χ2v) is 4.73. The van der Waals surface area contributed by atoms with Gasteiger partial charge in [0.05, 0.1) is 0 Å². The summed E-state index contributed by atoms with van der Waals surface area (Å²) in [7, 11) is 0. The first kappa shape index (κ1) is 14.4. The van der Waals surface area contributed by atoms with Crippen molar-refractivity contribution in [3.8, 4) is 5.75 Å². The summed E-state index contributed by atoms with van der Waals surface area (Å²) in [6.07, 6.45) is 4.95. The van der Waals surface area contributed by atoms with Crippen molar-refractivity contribution in [3.05, 3.63) is 71.3 Å². The van der Waals surface area contributed by atoms with E-state index in [1.165, 1.54) is 11.1 Å². The van der Waals surface area contributed by atoms with E-state index in [9.17, 15) is 0 Å². The molecule has 2 aromatic rings. The highest BCUT2D eigenvalue weighted by atomic mass is 16.5. The first-order valence-corrected chi connectivity index (χ1v) is 6.94. The molecular formula is C18H21NO. The van der Waals surface area contributed by atoms with Gasteiger partial charge in [0, 0.05) is 0 Å². The van der Waals surface area contributed by atoms with Gasteiger partial charge in [-0.05, 0) is 42.7 Å². The van der Waals surface area contributed by atoms with Crippen molar-refractivity contribution in [2.24, 2.45) is 5.73 Å². The Morgan fingerprint density at radius 3 is 2.60 bits per heavy atom. The van der Waals surface area contributed by atoms with Crippen LogP contribution in [0, 0.1) is 6.92 Å². The standard InChI is InChI=1S/C18H21NO/c1-15-7-5-11-17(12-13-19)18(15)20-14-6-10-16-8-3-2-4-9-16/h2-11H,12-14,19H2,1H3/b10-6+. The number of rotatable bonds is 6. The van der Waals surface area contributed by atoms with E-state index >= 15 is 0 Å². The van der Waals surface area contributed by atoms with Crippen molar-refractivity contribution in [1.29, 1.82) is 0 Å². The summed E-state index contributed by atoms with van der Waals surface area (Å²) >= 11 is 0. The molecule has 2 heteroatoms. The van der Waals surface area contributed by atoms with Crippen LogP contribution in [0.3, 0.4) is 0 Å². The number of ether oxygens (including phenoxy) is 1. The molecule has 2 nitrogen and oxygen atoms in total. The molecule has 0 saturated heterocycles. The summed E-state index contributed by atoms with van der Waals surface area (Å²) in [5.41, 5.74) is 9.16. The van der Waals surface area contributed by atoms with Gasteiger partial charge in [0.2, 0.25) is 0 Å². The molecule has 0 aliphatic heterocycles. The lowest BCUT2D eigenvalue weighted by atomic mass is 10.1. The molecule has 0 fully saturated rings. The van der Waals surface area contributed by atoms with E-state index < -0.39 is 0 Å². The number of aryl methyl sites for hydroxylation is 1. The SMILES string of the molecule is Cc1cccc(CCN)c1OC/C=C/c1ccccc1. The molecular weight excluding hydrogens is 246 g/mol. The zero-order valence-electron chi connectivity index (χ0n) is 11.9. The van der Waals surface area contributed by atoms with Gasteiger partial charge in [-0.25, -0.2) is 0 Å². The van der Waals surface area contributed by atoms with Gasteiger partial charge >= 0.3 is 0 Å². The molecule has 0 radical (unpaired) electrons. The van der Waals surface area contributed by atoms with Crippen molar-refractivity contribution >= 4 is 6.08 Å².